The van der Waals surface area contributed by atoms with Crippen molar-refractivity contribution in [3.63, 3.8) is 0 Å². The van der Waals surface area contributed by atoms with Gasteiger partial charge in [-0.3, -0.25) is 4.79 Å². The van der Waals surface area contributed by atoms with Gasteiger partial charge in [0.25, 0.3) is 5.91 Å². The quantitative estimate of drug-likeness (QED) is 0.580. The van der Waals surface area contributed by atoms with Gasteiger partial charge in [-0.15, -0.1) is 0 Å². The van der Waals surface area contributed by atoms with E-state index in [0.29, 0.717) is 40.7 Å². The second-order valence-corrected chi connectivity index (χ2v) is 5.36. The van der Waals surface area contributed by atoms with Crippen molar-refractivity contribution in [1.29, 1.82) is 0 Å². The monoisotopic (exact) mass is 332 g/mol. The Morgan fingerprint density at radius 3 is 3.04 bits per heavy atom. The van der Waals surface area contributed by atoms with Crippen molar-refractivity contribution in [2.24, 2.45) is 0 Å². The summed E-state index contributed by atoms with van der Waals surface area (Å²) in [6.07, 6.45) is 1.99. The van der Waals surface area contributed by atoms with E-state index in [0.717, 1.165) is 0 Å². The largest absolute Gasteiger partial charge is 0.395 e. The van der Waals surface area contributed by atoms with Crippen LogP contribution in [0.15, 0.2) is 24.4 Å². The number of halogens is 1. The Hall–Kier alpha value is -2.87. The molecule has 1 aliphatic heterocycles. The molecule has 7 nitrogen and oxygen atoms in total. The van der Waals surface area contributed by atoms with E-state index in [1.165, 1.54) is 18.3 Å². The first-order valence-corrected chi connectivity index (χ1v) is 7.54. The number of amides is 3. The number of carbonyl (C=O) groups is 2. The van der Waals surface area contributed by atoms with Gasteiger partial charge in [0, 0.05) is 35.8 Å². The Balaban J connectivity index is 2.01. The standard InChI is InChI=1S/C16H17FN4O3/c17-10-1-2-12-11(7-10)13-9(8-20-16(24)19-5-6-22)3-4-18-15(23)14(13)21-12/h1-2,7-8,21-22H,3-6H2,(H,18,23)(H2,19,20,24). The molecular formula is C16H17FN4O3. The van der Waals surface area contributed by atoms with Crippen molar-refractivity contribution in [3.8, 4) is 0 Å². The molecule has 0 radical (unpaired) electrons. The summed E-state index contributed by atoms with van der Waals surface area (Å²) in [6.45, 7) is 0.386. The lowest BCUT2D eigenvalue weighted by molar-refractivity contribution is 0.0952. The zero-order chi connectivity index (χ0) is 17.1. The van der Waals surface area contributed by atoms with Gasteiger partial charge in [0.1, 0.15) is 11.5 Å². The van der Waals surface area contributed by atoms with Crippen LogP contribution in [0, 0.1) is 5.82 Å². The number of carbonyl (C=O) groups excluding carboxylic acids is 2. The maximum absolute atomic E-state index is 13.6. The van der Waals surface area contributed by atoms with Gasteiger partial charge < -0.3 is 26.0 Å². The number of nitrogens with one attached hydrogen (secondary N) is 4. The number of hydrogen-bond donors (Lipinski definition) is 5. The molecule has 24 heavy (non-hydrogen) atoms. The molecule has 1 aromatic carbocycles. The highest BCUT2D eigenvalue weighted by Crippen LogP contribution is 2.32. The van der Waals surface area contributed by atoms with Gasteiger partial charge in [0.05, 0.1) is 6.61 Å². The summed E-state index contributed by atoms with van der Waals surface area (Å²) >= 11 is 0. The van der Waals surface area contributed by atoms with Crippen molar-refractivity contribution in [3.05, 3.63) is 41.5 Å². The van der Waals surface area contributed by atoms with Crippen LogP contribution in [-0.2, 0) is 0 Å². The summed E-state index contributed by atoms with van der Waals surface area (Å²) in [7, 11) is 0. The number of aliphatic hydroxyl groups is 1. The van der Waals surface area contributed by atoms with Crippen LogP contribution in [0.5, 0.6) is 0 Å². The van der Waals surface area contributed by atoms with Crippen LogP contribution in [0.1, 0.15) is 22.5 Å². The number of aromatic amines is 1. The maximum Gasteiger partial charge on any atom is 0.318 e. The van der Waals surface area contributed by atoms with Crippen LogP contribution in [0.3, 0.4) is 0 Å². The van der Waals surface area contributed by atoms with Crippen LogP contribution in [0.4, 0.5) is 9.18 Å². The van der Waals surface area contributed by atoms with Crippen LogP contribution < -0.4 is 16.0 Å². The highest BCUT2D eigenvalue weighted by atomic mass is 19.1. The molecule has 2 aromatic rings. The Bertz CT molecular complexity index is 828. The Kier molecular flexibility index (Phi) is 4.48. The molecule has 126 valence electrons. The number of benzene rings is 1. The zero-order valence-electron chi connectivity index (χ0n) is 12.8. The molecule has 0 atom stereocenters. The number of aliphatic hydroxyl groups excluding tert-OH is 1. The molecule has 3 amide bonds. The first-order valence-electron chi connectivity index (χ1n) is 7.54. The van der Waals surface area contributed by atoms with Gasteiger partial charge >= 0.3 is 6.03 Å². The SMILES string of the molecule is O=C(NC=C1CCNC(=O)c2[nH]c3ccc(F)cc3c21)NCCO. The zero-order valence-corrected chi connectivity index (χ0v) is 12.8. The van der Waals surface area contributed by atoms with E-state index < -0.39 is 11.8 Å². The smallest absolute Gasteiger partial charge is 0.318 e. The van der Waals surface area contributed by atoms with E-state index in [9.17, 15) is 14.0 Å². The number of fused-ring (bicyclic) bond motifs is 3. The molecule has 0 fully saturated rings. The molecule has 1 aromatic heterocycles. The number of rotatable bonds is 3. The topological polar surface area (TPSA) is 106 Å². The number of hydrogen-bond acceptors (Lipinski definition) is 3. The molecule has 0 saturated carbocycles. The molecule has 0 unspecified atom stereocenters. The second kappa shape index (κ2) is 6.71. The van der Waals surface area contributed by atoms with Gasteiger partial charge in [-0.1, -0.05) is 0 Å². The molecule has 0 saturated heterocycles. The summed E-state index contributed by atoms with van der Waals surface area (Å²) < 4.78 is 13.6. The first-order chi connectivity index (χ1) is 11.6. The molecule has 2 heterocycles. The van der Waals surface area contributed by atoms with Crippen molar-refractivity contribution < 1.29 is 19.1 Å². The molecule has 1 aliphatic rings. The van der Waals surface area contributed by atoms with E-state index in [1.54, 1.807) is 6.07 Å². The number of aromatic nitrogens is 1. The highest BCUT2D eigenvalue weighted by Gasteiger charge is 2.24. The van der Waals surface area contributed by atoms with E-state index >= 15 is 0 Å². The molecule has 0 bridgehead atoms. The lowest BCUT2D eigenvalue weighted by Gasteiger charge is -2.07. The third-order valence-corrected chi connectivity index (χ3v) is 3.76. The molecule has 5 N–H and O–H groups in total. The first kappa shape index (κ1) is 16.0. The van der Waals surface area contributed by atoms with Crippen molar-refractivity contribution in [2.75, 3.05) is 19.7 Å². The van der Waals surface area contributed by atoms with Crippen molar-refractivity contribution in [1.82, 2.24) is 20.9 Å². The van der Waals surface area contributed by atoms with E-state index in [1.807, 2.05) is 0 Å². The normalized spacial score (nSPS) is 15.8. The van der Waals surface area contributed by atoms with Crippen LogP contribution in [0.2, 0.25) is 0 Å². The summed E-state index contributed by atoms with van der Waals surface area (Å²) in [5, 5.41) is 17.1. The minimum atomic E-state index is -0.465. The predicted molar refractivity (Wildman–Crippen MR) is 86.8 cm³/mol. The van der Waals surface area contributed by atoms with Crippen LogP contribution in [-0.4, -0.2) is 41.7 Å². The minimum absolute atomic E-state index is 0.137. The fourth-order valence-electron chi connectivity index (χ4n) is 2.71. The Labute approximate surface area is 136 Å². The van der Waals surface area contributed by atoms with E-state index in [2.05, 4.69) is 20.9 Å². The summed E-state index contributed by atoms with van der Waals surface area (Å²) in [5.41, 5.74) is 2.28. The third kappa shape index (κ3) is 3.09. The maximum atomic E-state index is 13.6. The second-order valence-electron chi connectivity index (χ2n) is 5.36. The van der Waals surface area contributed by atoms with Crippen LogP contribution in [0.25, 0.3) is 16.5 Å². The average molecular weight is 332 g/mol. The number of urea groups is 1. The summed E-state index contributed by atoms with van der Waals surface area (Å²) in [6, 6.07) is 3.79. The van der Waals surface area contributed by atoms with Gasteiger partial charge in [0.15, 0.2) is 0 Å². The Morgan fingerprint density at radius 1 is 1.42 bits per heavy atom. The fourth-order valence-corrected chi connectivity index (χ4v) is 2.71. The average Bonchev–Trinajstić information content (AvgIpc) is 2.86. The minimum Gasteiger partial charge on any atom is -0.395 e. The van der Waals surface area contributed by atoms with E-state index in [-0.39, 0.29) is 19.1 Å². The molecular weight excluding hydrogens is 315 g/mol. The summed E-state index contributed by atoms with van der Waals surface area (Å²) in [4.78, 5) is 26.8. The Morgan fingerprint density at radius 2 is 2.25 bits per heavy atom. The fraction of sp³-hybridized carbons (Fsp3) is 0.250. The van der Waals surface area contributed by atoms with Gasteiger partial charge in [-0.2, -0.15) is 0 Å². The lowest BCUT2D eigenvalue weighted by Crippen LogP contribution is -2.34. The molecule has 3 rings (SSSR count). The highest BCUT2D eigenvalue weighted by molar-refractivity contribution is 6.07. The van der Waals surface area contributed by atoms with Gasteiger partial charge in [-0.25, -0.2) is 9.18 Å². The van der Waals surface area contributed by atoms with E-state index in [4.69, 9.17) is 5.11 Å². The van der Waals surface area contributed by atoms with Crippen LogP contribution >= 0.6 is 0 Å². The van der Waals surface area contributed by atoms with Gasteiger partial charge in [-0.05, 0) is 30.2 Å². The van der Waals surface area contributed by atoms with Crippen molar-refractivity contribution in [2.45, 2.75) is 6.42 Å². The predicted octanol–water partition coefficient (Wildman–Crippen LogP) is 1.07. The lowest BCUT2D eigenvalue weighted by atomic mass is 10.0. The third-order valence-electron chi connectivity index (χ3n) is 3.76. The molecule has 0 spiro atoms. The van der Waals surface area contributed by atoms with Gasteiger partial charge in [0.2, 0.25) is 0 Å². The molecule has 0 aliphatic carbocycles. The number of H-pyrrole nitrogens is 1. The summed E-state index contributed by atoms with van der Waals surface area (Å²) in [5.74, 6) is -0.670. The molecule has 8 heteroatoms. The van der Waals surface area contributed by atoms with Crippen molar-refractivity contribution >= 4 is 28.4 Å².